The van der Waals surface area contributed by atoms with Crippen LogP contribution in [-0.2, 0) is 9.53 Å². The molecule has 34 heavy (non-hydrogen) atoms. The summed E-state index contributed by atoms with van der Waals surface area (Å²) < 4.78 is 5.76. The molecule has 4 atom stereocenters. The Morgan fingerprint density at radius 1 is 1.00 bits per heavy atom. The van der Waals surface area contributed by atoms with Crippen LogP contribution in [0.1, 0.15) is 79.9 Å². The predicted octanol–water partition coefficient (Wildman–Crippen LogP) is 5.26. The third-order valence-electron chi connectivity index (χ3n) is 7.55. The van der Waals surface area contributed by atoms with Crippen molar-refractivity contribution >= 4 is 23.2 Å². The first-order valence-electron chi connectivity index (χ1n) is 12.5. The third kappa shape index (κ3) is 4.97. The zero-order valence-electron chi connectivity index (χ0n) is 20.8. The normalized spacial score (nSPS) is 25.0. The Bertz CT molecular complexity index is 1010. The number of hydrogen-bond donors (Lipinski definition) is 2. The van der Waals surface area contributed by atoms with Crippen LogP contribution < -0.4 is 15.5 Å². The molecule has 2 aliphatic heterocycles. The van der Waals surface area contributed by atoms with Gasteiger partial charge in [-0.1, -0.05) is 25.5 Å². The number of anilines is 2. The maximum atomic E-state index is 12.6. The molecule has 0 spiro atoms. The van der Waals surface area contributed by atoms with Gasteiger partial charge in [-0.05, 0) is 73.6 Å². The highest BCUT2D eigenvalue weighted by Crippen LogP contribution is 2.44. The van der Waals surface area contributed by atoms with Gasteiger partial charge in [0, 0.05) is 56.1 Å². The highest BCUT2D eigenvalue weighted by Gasteiger charge is 2.38. The van der Waals surface area contributed by atoms with Gasteiger partial charge in [0.2, 0.25) is 5.91 Å². The van der Waals surface area contributed by atoms with Gasteiger partial charge in [-0.2, -0.15) is 0 Å². The minimum Gasteiger partial charge on any atom is -0.381 e. The fourth-order valence-electron chi connectivity index (χ4n) is 5.42. The molecule has 2 aromatic carbocycles. The second-order valence-electron chi connectivity index (χ2n) is 9.68. The molecule has 4 rings (SSSR count). The lowest BCUT2D eigenvalue weighted by atomic mass is 9.80. The van der Waals surface area contributed by atoms with Crippen LogP contribution in [0.25, 0.3) is 0 Å². The molecule has 182 valence electrons. The number of amides is 2. The third-order valence-corrected chi connectivity index (χ3v) is 7.55. The van der Waals surface area contributed by atoms with Crippen LogP contribution in [0.3, 0.4) is 0 Å². The lowest BCUT2D eigenvalue weighted by Crippen LogP contribution is -2.48. The van der Waals surface area contributed by atoms with Gasteiger partial charge in [-0.25, -0.2) is 0 Å². The molecule has 2 heterocycles. The molecule has 2 aliphatic rings. The van der Waals surface area contributed by atoms with E-state index in [1.165, 1.54) is 18.4 Å². The zero-order valence-corrected chi connectivity index (χ0v) is 20.8. The van der Waals surface area contributed by atoms with Gasteiger partial charge < -0.3 is 20.3 Å². The minimum atomic E-state index is -0.0959. The van der Waals surface area contributed by atoms with Crippen LogP contribution >= 0.6 is 0 Å². The van der Waals surface area contributed by atoms with E-state index >= 15 is 0 Å². The first-order valence-corrected chi connectivity index (χ1v) is 12.5. The Hall–Kier alpha value is -2.86. The molecule has 2 aromatic rings. The van der Waals surface area contributed by atoms with Gasteiger partial charge >= 0.3 is 0 Å². The Morgan fingerprint density at radius 2 is 1.76 bits per heavy atom. The molecule has 0 radical (unpaired) electrons. The van der Waals surface area contributed by atoms with E-state index in [-0.39, 0.29) is 29.8 Å². The van der Waals surface area contributed by atoms with Crippen molar-refractivity contribution in [3.63, 3.8) is 0 Å². The van der Waals surface area contributed by atoms with Crippen LogP contribution in [0.2, 0.25) is 0 Å². The molecule has 0 bridgehead atoms. The summed E-state index contributed by atoms with van der Waals surface area (Å²) in [5.74, 6) is 0.645. The number of rotatable bonds is 4. The van der Waals surface area contributed by atoms with E-state index in [2.05, 4.69) is 42.7 Å². The maximum Gasteiger partial charge on any atom is 0.251 e. The number of nitrogens with one attached hydrogen (secondary N) is 2. The summed E-state index contributed by atoms with van der Waals surface area (Å²) in [6.07, 6.45) is 4.49. The molecule has 2 amide bonds. The molecule has 2 N–H and O–H groups in total. The minimum absolute atomic E-state index is 0.0520. The quantitative estimate of drug-likeness (QED) is 0.648. The molecule has 0 aliphatic carbocycles. The molecule has 1 unspecified atom stereocenters. The number of carbonyl (C=O) groups excluding carboxylic acids is 2. The van der Waals surface area contributed by atoms with Crippen LogP contribution in [-0.4, -0.2) is 38.1 Å². The van der Waals surface area contributed by atoms with Crippen molar-refractivity contribution in [2.45, 2.75) is 64.5 Å². The molecular weight excluding hydrogens is 426 g/mol. The van der Waals surface area contributed by atoms with Crippen LogP contribution in [0, 0.1) is 5.92 Å². The van der Waals surface area contributed by atoms with Crippen molar-refractivity contribution in [3.8, 4) is 0 Å². The summed E-state index contributed by atoms with van der Waals surface area (Å²) in [5, 5.41) is 6.38. The van der Waals surface area contributed by atoms with E-state index in [1.54, 1.807) is 14.0 Å². The van der Waals surface area contributed by atoms with E-state index in [9.17, 15) is 9.59 Å². The SMILES string of the molecule is CNC(=O)c1ccc(N[C@H]2c3cc(C4CCCCOCC4)ccc3N(C(C)=O)[C@@H](C)[C@@H]2C)cc1. The van der Waals surface area contributed by atoms with Crippen LogP contribution in [0.4, 0.5) is 11.4 Å². The summed E-state index contributed by atoms with van der Waals surface area (Å²) in [6, 6.07) is 14.4. The van der Waals surface area contributed by atoms with Gasteiger partial charge in [0.25, 0.3) is 5.91 Å². The average molecular weight is 464 g/mol. The molecular formula is C28H37N3O3. The van der Waals surface area contributed by atoms with Crippen LogP contribution in [0.5, 0.6) is 0 Å². The van der Waals surface area contributed by atoms with E-state index in [1.807, 2.05) is 29.2 Å². The monoisotopic (exact) mass is 463 g/mol. The summed E-state index contributed by atoms with van der Waals surface area (Å²) >= 11 is 0. The molecule has 1 saturated heterocycles. The smallest absolute Gasteiger partial charge is 0.251 e. The number of nitrogens with zero attached hydrogens (tertiary/aromatic N) is 1. The fourth-order valence-corrected chi connectivity index (χ4v) is 5.42. The van der Waals surface area contributed by atoms with Crippen molar-refractivity contribution < 1.29 is 14.3 Å². The molecule has 0 saturated carbocycles. The molecule has 0 aromatic heterocycles. The summed E-state index contributed by atoms with van der Waals surface area (Å²) in [6.45, 7) is 7.64. The van der Waals surface area contributed by atoms with Gasteiger partial charge in [0.15, 0.2) is 0 Å². The summed E-state index contributed by atoms with van der Waals surface area (Å²) in [7, 11) is 1.64. The number of ether oxygens (including phenoxy) is 1. The highest BCUT2D eigenvalue weighted by molar-refractivity contribution is 5.95. The first-order chi connectivity index (χ1) is 16.4. The lowest BCUT2D eigenvalue weighted by Gasteiger charge is -2.44. The number of fused-ring (bicyclic) bond motifs is 1. The molecule has 6 heteroatoms. The Morgan fingerprint density at radius 3 is 2.47 bits per heavy atom. The average Bonchev–Trinajstić information content (AvgIpc) is 2.81. The Balaban J connectivity index is 1.69. The van der Waals surface area contributed by atoms with Crippen molar-refractivity contribution in [2.24, 2.45) is 5.92 Å². The largest absolute Gasteiger partial charge is 0.381 e. The van der Waals surface area contributed by atoms with Gasteiger partial charge in [0.05, 0.1) is 6.04 Å². The standard InChI is InChI=1S/C28H37N3O3/c1-18-19(2)31(20(3)32)26-13-10-23(21-7-5-6-15-34-16-14-21)17-25(26)27(18)30-24-11-8-22(9-12-24)28(33)29-4/h8-13,17-19,21,27,30H,5-7,14-16H2,1-4H3,(H,29,33)/t18-,19-,21?,27+/m0/s1. The number of benzene rings is 2. The van der Waals surface area contributed by atoms with Crippen molar-refractivity contribution in [2.75, 3.05) is 30.5 Å². The van der Waals surface area contributed by atoms with E-state index in [4.69, 9.17) is 4.74 Å². The van der Waals surface area contributed by atoms with Crippen molar-refractivity contribution in [3.05, 3.63) is 59.2 Å². The van der Waals surface area contributed by atoms with Crippen molar-refractivity contribution in [1.82, 2.24) is 5.32 Å². The second kappa shape index (κ2) is 10.6. The van der Waals surface area contributed by atoms with E-state index in [0.29, 0.717) is 11.5 Å². The van der Waals surface area contributed by atoms with Gasteiger partial charge in [-0.3, -0.25) is 9.59 Å². The Labute approximate surface area is 203 Å². The second-order valence-corrected chi connectivity index (χ2v) is 9.68. The number of hydrogen-bond acceptors (Lipinski definition) is 4. The first kappa shape index (κ1) is 24.3. The van der Waals surface area contributed by atoms with Gasteiger partial charge in [0.1, 0.15) is 0 Å². The lowest BCUT2D eigenvalue weighted by molar-refractivity contribution is -0.117. The predicted molar refractivity (Wildman–Crippen MR) is 136 cm³/mol. The van der Waals surface area contributed by atoms with Gasteiger partial charge in [-0.15, -0.1) is 0 Å². The summed E-state index contributed by atoms with van der Waals surface area (Å²) in [4.78, 5) is 26.5. The Kier molecular flexibility index (Phi) is 7.57. The van der Waals surface area contributed by atoms with E-state index < -0.39 is 0 Å². The van der Waals surface area contributed by atoms with Crippen LogP contribution in [0.15, 0.2) is 42.5 Å². The highest BCUT2D eigenvalue weighted by atomic mass is 16.5. The topological polar surface area (TPSA) is 70.7 Å². The van der Waals surface area contributed by atoms with E-state index in [0.717, 1.165) is 43.0 Å². The summed E-state index contributed by atoms with van der Waals surface area (Å²) in [5.41, 5.74) is 5.08. The molecule has 6 nitrogen and oxygen atoms in total. The zero-order chi connectivity index (χ0) is 24.2. The number of carbonyl (C=O) groups is 2. The fraction of sp³-hybridized carbons (Fsp3) is 0.500. The maximum absolute atomic E-state index is 12.6. The molecule has 1 fully saturated rings. The van der Waals surface area contributed by atoms with Crippen molar-refractivity contribution in [1.29, 1.82) is 0 Å².